The van der Waals surface area contributed by atoms with Crippen LogP contribution >= 0.6 is 15.9 Å². The van der Waals surface area contributed by atoms with Gasteiger partial charge in [-0.1, -0.05) is 52.3 Å². The van der Waals surface area contributed by atoms with E-state index in [1.165, 1.54) is 0 Å². The molecule has 3 aromatic carbocycles. The smallest absolute Gasteiger partial charge is 0.259 e. The maximum Gasteiger partial charge on any atom is 0.259 e. The zero-order valence-corrected chi connectivity index (χ0v) is 20.1. The molecule has 0 saturated carbocycles. The van der Waals surface area contributed by atoms with Crippen LogP contribution in [-0.4, -0.2) is 38.7 Å². The summed E-state index contributed by atoms with van der Waals surface area (Å²) in [4.78, 5) is 25.4. The van der Waals surface area contributed by atoms with Gasteiger partial charge in [0.2, 0.25) is 0 Å². The van der Waals surface area contributed by atoms with Crippen molar-refractivity contribution in [2.75, 3.05) is 32.2 Å². The largest absolute Gasteiger partial charge is 0.492 e. The topological polar surface area (TPSA) is 76.7 Å². The van der Waals surface area contributed by atoms with E-state index in [1.807, 2.05) is 36.4 Å². The van der Waals surface area contributed by atoms with E-state index in [2.05, 4.69) is 26.6 Å². The molecule has 3 aromatic rings. The first-order chi connectivity index (χ1) is 16.1. The van der Waals surface area contributed by atoms with Crippen molar-refractivity contribution in [3.63, 3.8) is 0 Å². The first kappa shape index (κ1) is 24.5. The third kappa shape index (κ3) is 7.73. The first-order valence-corrected chi connectivity index (χ1v) is 11.5. The van der Waals surface area contributed by atoms with Gasteiger partial charge in [-0.05, 0) is 48.4 Å². The van der Waals surface area contributed by atoms with Gasteiger partial charge in [-0.15, -0.1) is 0 Å². The molecule has 6 nitrogen and oxygen atoms in total. The number of halogens is 1. The van der Waals surface area contributed by atoms with Crippen molar-refractivity contribution in [2.24, 2.45) is 0 Å². The molecule has 0 aliphatic carbocycles. The maximum absolute atomic E-state index is 13.0. The molecule has 0 bridgehead atoms. The summed E-state index contributed by atoms with van der Waals surface area (Å²) >= 11 is 3.42. The minimum atomic E-state index is -0.316. The molecule has 7 heteroatoms. The van der Waals surface area contributed by atoms with Crippen LogP contribution in [-0.2, 0) is 11.2 Å². The Labute approximate surface area is 202 Å². The number of amides is 2. The van der Waals surface area contributed by atoms with Crippen molar-refractivity contribution >= 4 is 33.4 Å². The van der Waals surface area contributed by atoms with Gasteiger partial charge in [0.25, 0.3) is 11.8 Å². The number of anilines is 1. The maximum atomic E-state index is 13.0. The molecular weight excluding hydrogens is 484 g/mol. The molecule has 0 heterocycles. The minimum absolute atomic E-state index is 0.199. The zero-order valence-electron chi connectivity index (χ0n) is 18.5. The zero-order chi connectivity index (χ0) is 23.5. The molecular formula is C26H27BrN2O4. The van der Waals surface area contributed by atoms with Gasteiger partial charge in [-0.3, -0.25) is 9.59 Å². The van der Waals surface area contributed by atoms with E-state index in [-0.39, 0.29) is 11.8 Å². The summed E-state index contributed by atoms with van der Waals surface area (Å²) in [7, 11) is 1.62. The molecule has 0 fully saturated rings. The van der Waals surface area contributed by atoms with Crippen molar-refractivity contribution in [3.05, 3.63) is 94.0 Å². The lowest BCUT2D eigenvalue weighted by Crippen LogP contribution is -2.25. The predicted molar refractivity (Wildman–Crippen MR) is 133 cm³/mol. The minimum Gasteiger partial charge on any atom is -0.492 e. The van der Waals surface area contributed by atoms with Crippen LogP contribution in [0.5, 0.6) is 5.75 Å². The molecule has 0 saturated heterocycles. The third-order valence-electron chi connectivity index (χ3n) is 4.87. The van der Waals surface area contributed by atoms with Crippen LogP contribution in [0, 0.1) is 0 Å². The second kappa shape index (κ2) is 12.8. The fraction of sp³-hybridized carbons (Fsp3) is 0.231. The van der Waals surface area contributed by atoms with Crippen molar-refractivity contribution in [3.8, 4) is 5.75 Å². The predicted octanol–water partition coefficient (Wildman–Crippen LogP) is 5.09. The van der Waals surface area contributed by atoms with Gasteiger partial charge in [0, 0.05) is 42.4 Å². The lowest BCUT2D eigenvalue weighted by molar-refractivity contribution is 0.0947. The molecule has 2 N–H and O–H groups in total. The molecule has 0 radical (unpaired) electrons. The van der Waals surface area contributed by atoms with E-state index < -0.39 is 0 Å². The number of ether oxygens (including phenoxy) is 2. The lowest BCUT2D eigenvalue weighted by Gasteiger charge is -2.13. The SMILES string of the molecule is COCCCNC(=O)c1cccc(NC(=O)c2cc(Br)ccc2OCCc2ccccc2)c1. The Hall–Kier alpha value is -3.16. The number of carbonyl (C=O) groups is 2. The highest BCUT2D eigenvalue weighted by Gasteiger charge is 2.15. The summed E-state index contributed by atoms with van der Waals surface area (Å²) in [5.74, 6) is -0.0167. The van der Waals surface area contributed by atoms with Gasteiger partial charge in [-0.2, -0.15) is 0 Å². The number of hydrogen-bond acceptors (Lipinski definition) is 4. The van der Waals surface area contributed by atoms with E-state index in [0.29, 0.717) is 42.3 Å². The molecule has 0 aromatic heterocycles. The molecule has 172 valence electrons. The Morgan fingerprint density at radius 2 is 1.73 bits per heavy atom. The third-order valence-corrected chi connectivity index (χ3v) is 5.36. The van der Waals surface area contributed by atoms with E-state index >= 15 is 0 Å². The van der Waals surface area contributed by atoms with E-state index in [9.17, 15) is 9.59 Å². The normalized spacial score (nSPS) is 10.5. The second-order valence-electron chi connectivity index (χ2n) is 7.36. The van der Waals surface area contributed by atoms with Crippen LogP contribution in [0.4, 0.5) is 5.69 Å². The monoisotopic (exact) mass is 510 g/mol. The number of carbonyl (C=O) groups excluding carboxylic acids is 2. The summed E-state index contributed by atoms with van der Waals surface area (Å²) < 4.78 is 11.7. The van der Waals surface area contributed by atoms with E-state index in [1.54, 1.807) is 43.5 Å². The van der Waals surface area contributed by atoms with Crippen LogP contribution < -0.4 is 15.4 Å². The van der Waals surface area contributed by atoms with Gasteiger partial charge < -0.3 is 20.1 Å². The molecule has 0 unspecified atom stereocenters. The molecule has 0 atom stereocenters. The van der Waals surface area contributed by atoms with E-state index in [0.717, 1.165) is 22.9 Å². The van der Waals surface area contributed by atoms with Crippen LogP contribution in [0.3, 0.4) is 0 Å². The Morgan fingerprint density at radius 3 is 2.52 bits per heavy atom. The fourth-order valence-corrected chi connectivity index (χ4v) is 3.55. The molecule has 2 amide bonds. The second-order valence-corrected chi connectivity index (χ2v) is 8.28. The van der Waals surface area contributed by atoms with Crippen molar-refractivity contribution in [1.82, 2.24) is 5.32 Å². The number of methoxy groups -OCH3 is 1. The Bertz CT molecular complexity index is 1070. The number of rotatable bonds is 11. The lowest BCUT2D eigenvalue weighted by atomic mass is 10.1. The summed E-state index contributed by atoms with van der Waals surface area (Å²) in [6.07, 6.45) is 1.47. The fourth-order valence-electron chi connectivity index (χ4n) is 3.19. The number of hydrogen-bond donors (Lipinski definition) is 2. The van der Waals surface area contributed by atoms with Crippen molar-refractivity contribution in [1.29, 1.82) is 0 Å². The van der Waals surface area contributed by atoms with E-state index in [4.69, 9.17) is 9.47 Å². The average Bonchev–Trinajstić information content (AvgIpc) is 2.83. The summed E-state index contributed by atoms with van der Waals surface area (Å²) in [5, 5.41) is 5.71. The van der Waals surface area contributed by atoms with Gasteiger partial charge in [0.15, 0.2) is 0 Å². The molecule has 3 rings (SSSR count). The summed E-state index contributed by atoms with van der Waals surface area (Å²) in [5.41, 5.74) is 2.57. The first-order valence-electron chi connectivity index (χ1n) is 10.7. The summed E-state index contributed by atoms with van der Waals surface area (Å²) in [6, 6.07) is 22.2. The van der Waals surface area contributed by atoms with Gasteiger partial charge in [0.05, 0.1) is 12.2 Å². The molecule has 33 heavy (non-hydrogen) atoms. The highest BCUT2D eigenvalue weighted by Crippen LogP contribution is 2.25. The highest BCUT2D eigenvalue weighted by molar-refractivity contribution is 9.10. The number of nitrogens with one attached hydrogen (secondary N) is 2. The van der Waals surface area contributed by atoms with Gasteiger partial charge in [0.1, 0.15) is 5.75 Å². The standard InChI is InChI=1S/C26H27BrN2O4/c1-32-15-6-14-28-25(30)20-9-5-10-22(17-20)29-26(31)23-18-21(27)11-12-24(23)33-16-13-19-7-3-2-4-8-19/h2-5,7-12,17-18H,6,13-16H2,1H3,(H,28,30)(H,29,31). The van der Waals surface area contributed by atoms with Crippen molar-refractivity contribution < 1.29 is 19.1 Å². The quantitative estimate of drug-likeness (QED) is 0.352. The van der Waals surface area contributed by atoms with Crippen LogP contribution in [0.15, 0.2) is 77.3 Å². The van der Waals surface area contributed by atoms with Gasteiger partial charge >= 0.3 is 0 Å². The van der Waals surface area contributed by atoms with Crippen LogP contribution in [0.1, 0.15) is 32.7 Å². The molecule has 0 aliphatic rings. The number of benzene rings is 3. The van der Waals surface area contributed by atoms with Crippen LogP contribution in [0.2, 0.25) is 0 Å². The Balaban J connectivity index is 1.65. The van der Waals surface area contributed by atoms with Crippen molar-refractivity contribution in [2.45, 2.75) is 12.8 Å². The van der Waals surface area contributed by atoms with Crippen LogP contribution in [0.25, 0.3) is 0 Å². The Morgan fingerprint density at radius 1 is 0.909 bits per heavy atom. The Kier molecular flexibility index (Phi) is 9.47. The highest BCUT2D eigenvalue weighted by atomic mass is 79.9. The van der Waals surface area contributed by atoms with Gasteiger partial charge in [-0.25, -0.2) is 0 Å². The summed E-state index contributed by atoms with van der Waals surface area (Å²) in [6.45, 7) is 1.55. The molecule has 0 aliphatic heterocycles. The average molecular weight is 511 g/mol. The molecule has 0 spiro atoms.